The fourth-order valence-corrected chi connectivity index (χ4v) is 3.61. The minimum Gasteiger partial charge on any atom is -0.434 e. The highest BCUT2D eigenvalue weighted by atomic mass is 16.4. The quantitative estimate of drug-likeness (QED) is 0.162. The second-order valence-electron chi connectivity index (χ2n) is 8.25. The van der Waals surface area contributed by atoms with E-state index in [1.54, 1.807) is 0 Å². The number of nitrogens with zero attached hydrogens (tertiary/aromatic N) is 1. The van der Waals surface area contributed by atoms with E-state index < -0.39 is 0 Å². The number of carbonyl (C=O) groups excluding carboxylic acids is 1. The minimum atomic E-state index is 0.0245. The number of aromatic nitrogens is 1. The van der Waals surface area contributed by atoms with Gasteiger partial charge in [-0.1, -0.05) is 76.5 Å². The lowest BCUT2D eigenvalue weighted by atomic mass is 10.1. The van der Waals surface area contributed by atoms with Gasteiger partial charge >= 0.3 is 0 Å². The molecule has 2 rings (SSSR count). The number of hydrogen-bond donors (Lipinski definition) is 0. The van der Waals surface area contributed by atoms with Crippen LogP contribution in [0.5, 0.6) is 0 Å². The number of benzene rings is 1. The molecule has 3 heteroatoms. The highest BCUT2D eigenvalue weighted by Crippen LogP contribution is 2.19. The van der Waals surface area contributed by atoms with Crippen molar-refractivity contribution in [1.82, 2.24) is 4.98 Å². The van der Waals surface area contributed by atoms with Crippen molar-refractivity contribution in [2.45, 2.75) is 104 Å². The summed E-state index contributed by atoms with van der Waals surface area (Å²) in [5, 5.41) is 0. The van der Waals surface area contributed by atoms with Crippen molar-refractivity contribution in [3.63, 3.8) is 0 Å². The summed E-state index contributed by atoms with van der Waals surface area (Å²) in [6, 6.07) is 5.83. The van der Waals surface area contributed by atoms with Crippen LogP contribution in [-0.2, 0) is 0 Å². The number of ketones is 1. The van der Waals surface area contributed by atoms with Gasteiger partial charge in [-0.2, -0.15) is 0 Å². The molecule has 0 N–H and O–H groups in total. The van der Waals surface area contributed by atoms with Gasteiger partial charge in [-0.25, -0.2) is 4.98 Å². The number of oxazole rings is 1. The summed E-state index contributed by atoms with van der Waals surface area (Å²) in [5.74, 6) is 0.289. The molecule has 1 aromatic carbocycles. The highest BCUT2D eigenvalue weighted by molar-refractivity contribution is 5.94. The van der Waals surface area contributed by atoms with Crippen LogP contribution < -0.4 is 0 Å². The van der Waals surface area contributed by atoms with E-state index in [-0.39, 0.29) is 11.7 Å². The van der Waals surface area contributed by atoms with Crippen LogP contribution >= 0.6 is 0 Å². The number of hydrogen-bond acceptors (Lipinski definition) is 3. The zero-order valence-corrected chi connectivity index (χ0v) is 18.5. The van der Waals surface area contributed by atoms with Crippen LogP contribution in [0.25, 0.3) is 11.1 Å². The third kappa shape index (κ3) is 9.43. The van der Waals surface area contributed by atoms with Gasteiger partial charge in [-0.15, -0.1) is 0 Å². The fourth-order valence-electron chi connectivity index (χ4n) is 3.61. The standard InChI is InChI=1S/C26H39NO2/c1-3-4-5-6-7-8-9-10-11-12-13-14-15-16-17-18-24(28)26-27-23-20-19-22(2)21-25(23)29-26/h10-11,19-21H,3-9,12-18H2,1-2H3. The van der Waals surface area contributed by atoms with Gasteiger partial charge in [0.15, 0.2) is 5.58 Å². The molecule has 0 aliphatic heterocycles. The number of Topliss-reactive ketones (excluding diaryl/α,β-unsaturated/α-hetero) is 1. The summed E-state index contributed by atoms with van der Waals surface area (Å²) in [7, 11) is 0. The van der Waals surface area contributed by atoms with Gasteiger partial charge in [0.1, 0.15) is 5.52 Å². The molecule has 2 aromatic rings. The lowest BCUT2D eigenvalue weighted by molar-refractivity contribution is 0.0947. The van der Waals surface area contributed by atoms with Crippen LogP contribution in [0.3, 0.4) is 0 Å². The first kappa shape index (κ1) is 23.4. The number of rotatable bonds is 16. The van der Waals surface area contributed by atoms with Crippen LogP contribution in [0.15, 0.2) is 34.8 Å². The minimum absolute atomic E-state index is 0.0245. The van der Waals surface area contributed by atoms with Crippen LogP contribution in [0.2, 0.25) is 0 Å². The topological polar surface area (TPSA) is 43.1 Å². The summed E-state index contributed by atoms with van der Waals surface area (Å²) >= 11 is 0. The van der Waals surface area contributed by atoms with Crippen LogP contribution in [0, 0.1) is 6.92 Å². The van der Waals surface area contributed by atoms with Crippen molar-refractivity contribution in [3.05, 3.63) is 41.8 Å². The molecular weight excluding hydrogens is 358 g/mol. The number of aryl methyl sites for hydroxylation is 1. The first-order valence-corrected chi connectivity index (χ1v) is 11.8. The molecule has 0 saturated carbocycles. The van der Waals surface area contributed by atoms with E-state index in [1.807, 2.05) is 25.1 Å². The zero-order valence-electron chi connectivity index (χ0n) is 18.5. The summed E-state index contributed by atoms with van der Waals surface area (Å²) in [6.45, 7) is 4.28. The molecule has 3 nitrogen and oxygen atoms in total. The summed E-state index contributed by atoms with van der Waals surface area (Å²) < 4.78 is 5.62. The molecule has 0 atom stereocenters. The Morgan fingerprint density at radius 3 is 2.21 bits per heavy atom. The normalized spacial score (nSPS) is 11.7. The van der Waals surface area contributed by atoms with E-state index in [2.05, 4.69) is 24.1 Å². The largest absolute Gasteiger partial charge is 0.434 e. The Hall–Kier alpha value is -1.90. The molecule has 0 fully saturated rings. The summed E-state index contributed by atoms with van der Waals surface area (Å²) in [5.41, 5.74) is 2.59. The predicted molar refractivity (Wildman–Crippen MR) is 123 cm³/mol. The Bertz CT molecular complexity index is 744. The third-order valence-corrected chi connectivity index (χ3v) is 5.45. The Labute approximate surface area is 177 Å². The van der Waals surface area contributed by atoms with E-state index in [9.17, 15) is 4.79 Å². The fraction of sp³-hybridized carbons (Fsp3) is 0.615. The number of fused-ring (bicyclic) bond motifs is 1. The molecule has 160 valence electrons. The molecule has 0 aliphatic carbocycles. The van der Waals surface area contributed by atoms with Gasteiger partial charge in [-0.05, 0) is 56.7 Å². The SMILES string of the molecule is CCCCCCCCC=CCCCCCCCC(=O)c1nc2ccc(C)cc2o1. The average Bonchev–Trinajstić information content (AvgIpc) is 3.14. The van der Waals surface area contributed by atoms with Crippen LogP contribution in [-0.4, -0.2) is 10.8 Å². The molecule has 1 heterocycles. The zero-order chi connectivity index (χ0) is 20.7. The molecule has 1 aromatic heterocycles. The monoisotopic (exact) mass is 397 g/mol. The van der Waals surface area contributed by atoms with Gasteiger partial charge in [0, 0.05) is 6.42 Å². The van der Waals surface area contributed by atoms with Crippen molar-refractivity contribution in [1.29, 1.82) is 0 Å². The smallest absolute Gasteiger partial charge is 0.264 e. The van der Waals surface area contributed by atoms with Gasteiger partial charge in [0.25, 0.3) is 5.89 Å². The lowest BCUT2D eigenvalue weighted by Gasteiger charge is -2.00. The number of allylic oxidation sites excluding steroid dienone is 2. The first-order chi connectivity index (χ1) is 14.2. The Balaban J connectivity index is 1.45. The van der Waals surface area contributed by atoms with Crippen LogP contribution in [0.1, 0.15) is 113 Å². The highest BCUT2D eigenvalue weighted by Gasteiger charge is 2.13. The van der Waals surface area contributed by atoms with Crippen molar-refractivity contribution in [2.75, 3.05) is 0 Å². The maximum atomic E-state index is 12.3. The molecule has 0 amide bonds. The van der Waals surface area contributed by atoms with E-state index in [0.717, 1.165) is 23.9 Å². The molecule has 0 saturated heterocycles. The Morgan fingerprint density at radius 2 is 1.52 bits per heavy atom. The molecule has 0 spiro atoms. The van der Waals surface area contributed by atoms with Crippen molar-refractivity contribution < 1.29 is 9.21 Å². The van der Waals surface area contributed by atoms with E-state index >= 15 is 0 Å². The maximum Gasteiger partial charge on any atom is 0.264 e. The third-order valence-electron chi connectivity index (χ3n) is 5.45. The van der Waals surface area contributed by atoms with Crippen molar-refractivity contribution in [3.8, 4) is 0 Å². The van der Waals surface area contributed by atoms with Gasteiger partial charge < -0.3 is 4.42 Å². The number of carbonyl (C=O) groups is 1. The lowest BCUT2D eigenvalue weighted by Crippen LogP contribution is -1.98. The van der Waals surface area contributed by atoms with E-state index in [4.69, 9.17) is 4.42 Å². The molecule has 0 bridgehead atoms. The molecule has 0 radical (unpaired) electrons. The van der Waals surface area contributed by atoms with Gasteiger partial charge in [-0.3, -0.25) is 4.79 Å². The van der Waals surface area contributed by atoms with Crippen molar-refractivity contribution in [2.24, 2.45) is 0 Å². The second kappa shape index (κ2) is 14.1. The van der Waals surface area contributed by atoms with Gasteiger partial charge in [0.05, 0.1) is 0 Å². The predicted octanol–water partition coefficient (Wildman–Crippen LogP) is 8.36. The van der Waals surface area contributed by atoms with E-state index in [1.165, 1.54) is 70.6 Å². The molecule has 29 heavy (non-hydrogen) atoms. The Kier molecular flexibility index (Phi) is 11.4. The number of unbranched alkanes of at least 4 members (excludes halogenated alkanes) is 11. The molecular formula is C26H39NO2. The summed E-state index contributed by atoms with van der Waals surface area (Å²) in [4.78, 5) is 16.6. The van der Waals surface area contributed by atoms with E-state index in [0.29, 0.717) is 12.0 Å². The summed E-state index contributed by atoms with van der Waals surface area (Å²) in [6.07, 6.45) is 21.6. The molecule has 0 unspecified atom stereocenters. The first-order valence-electron chi connectivity index (χ1n) is 11.8. The Morgan fingerprint density at radius 1 is 0.897 bits per heavy atom. The maximum absolute atomic E-state index is 12.3. The second-order valence-corrected chi connectivity index (χ2v) is 8.25. The van der Waals surface area contributed by atoms with Crippen LogP contribution in [0.4, 0.5) is 0 Å². The van der Waals surface area contributed by atoms with Crippen molar-refractivity contribution >= 4 is 16.9 Å². The molecule has 0 aliphatic rings. The average molecular weight is 398 g/mol. The van der Waals surface area contributed by atoms with Gasteiger partial charge in [0.2, 0.25) is 5.78 Å².